The first kappa shape index (κ1) is 10.4. The van der Waals surface area contributed by atoms with Crippen molar-refractivity contribution in [3.63, 3.8) is 0 Å². The highest BCUT2D eigenvalue weighted by atomic mass is 35.5. The lowest BCUT2D eigenvalue weighted by Gasteiger charge is -2.21. The molecule has 72 valence electrons. The SMILES string of the molecule is COc1ccc(C(C)(C)CCl)cc1. The predicted octanol–water partition coefficient (Wildman–Crippen LogP) is 3.21. The third-order valence-corrected chi connectivity index (χ3v) is 2.87. The first-order valence-corrected chi connectivity index (χ1v) is 4.84. The molecule has 0 saturated carbocycles. The van der Waals surface area contributed by atoms with Crippen molar-refractivity contribution < 1.29 is 4.74 Å². The number of alkyl halides is 1. The van der Waals surface area contributed by atoms with Gasteiger partial charge >= 0.3 is 0 Å². The maximum atomic E-state index is 5.87. The van der Waals surface area contributed by atoms with Gasteiger partial charge in [-0.1, -0.05) is 26.0 Å². The fourth-order valence-electron chi connectivity index (χ4n) is 1.12. The van der Waals surface area contributed by atoms with Gasteiger partial charge in [-0.05, 0) is 17.7 Å². The molecule has 0 bridgehead atoms. The van der Waals surface area contributed by atoms with Crippen LogP contribution in [0.5, 0.6) is 5.75 Å². The molecule has 0 aliphatic heterocycles. The van der Waals surface area contributed by atoms with Crippen LogP contribution in [0.15, 0.2) is 24.3 Å². The van der Waals surface area contributed by atoms with Crippen LogP contribution in [0.25, 0.3) is 0 Å². The normalized spacial score (nSPS) is 11.4. The van der Waals surface area contributed by atoms with E-state index < -0.39 is 0 Å². The van der Waals surface area contributed by atoms with Gasteiger partial charge in [0.05, 0.1) is 7.11 Å². The standard InChI is InChI=1S/C11H15ClO/c1-11(2,8-12)9-4-6-10(13-3)7-5-9/h4-7H,8H2,1-3H3. The molecule has 0 radical (unpaired) electrons. The third kappa shape index (κ3) is 2.38. The maximum absolute atomic E-state index is 5.87. The van der Waals surface area contributed by atoms with Crippen LogP contribution in [0.4, 0.5) is 0 Å². The molecule has 0 N–H and O–H groups in total. The molecule has 0 spiro atoms. The van der Waals surface area contributed by atoms with E-state index in [0.717, 1.165) is 5.75 Å². The Hall–Kier alpha value is -0.690. The Bertz CT molecular complexity index is 264. The fourth-order valence-corrected chi connectivity index (χ4v) is 1.27. The van der Waals surface area contributed by atoms with Gasteiger partial charge in [0.2, 0.25) is 0 Å². The zero-order valence-electron chi connectivity index (χ0n) is 8.30. The molecule has 0 amide bonds. The highest BCUT2D eigenvalue weighted by molar-refractivity contribution is 6.18. The van der Waals surface area contributed by atoms with Crippen molar-refractivity contribution in [1.29, 1.82) is 0 Å². The van der Waals surface area contributed by atoms with E-state index in [0.29, 0.717) is 5.88 Å². The second kappa shape index (κ2) is 4.01. The minimum atomic E-state index is 0.0355. The summed E-state index contributed by atoms with van der Waals surface area (Å²) in [6.45, 7) is 4.25. The van der Waals surface area contributed by atoms with Gasteiger partial charge in [-0.2, -0.15) is 0 Å². The number of benzene rings is 1. The highest BCUT2D eigenvalue weighted by Gasteiger charge is 2.18. The Kier molecular flexibility index (Phi) is 3.21. The maximum Gasteiger partial charge on any atom is 0.118 e. The molecule has 0 aromatic heterocycles. The molecule has 0 aliphatic carbocycles. The van der Waals surface area contributed by atoms with E-state index in [1.54, 1.807) is 7.11 Å². The molecule has 0 saturated heterocycles. The van der Waals surface area contributed by atoms with Crippen LogP contribution in [0.3, 0.4) is 0 Å². The van der Waals surface area contributed by atoms with Crippen LogP contribution in [0.2, 0.25) is 0 Å². The first-order chi connectivity index (χ1) is 6.10. The van der Waals surface area contributed by atoms with Gasteiger partial charge in [0.1, 0.15) is 5.75 Å². The van der Waals surface area contributed by atoms with E-state index >= 15 is 0 Å². The molecule has 1 rings (SSSR count). The van der Waals surface area contributed by atoms with Crippen LogP contribution in [0.1, 0.15) is 19.4 Å². The number of ether oxygens (including phenoxy) is 1. The number of hydrogen-bond acceptors (Lipinski definition) is 1. The van der Waals surface area contributed by atoms with Crippen molar-refractivity contribution in [2.45, 2.75) is 19.3 Å². The Labute approximate surface area is 84.7 Å². The zero-order chi connectivity index (χ0) is 9.90. The Morgan fingerprint density at radius 1 is 1.23 bits per heavy atom. The Morgan fingerprint density at radius 3 is 2.15 bits per heavy atom. The molecule has 1 aromatic rings. The quantitative estimate of drug-likeness (QED) is 0.678. The van der Waals surface area contributed by atoms with E-state index in [2.05, 4.69) is 26.0 Å². The summed E-state index contributed by atoms with van der Waals surface area (Å²) < 4.78 is 5.08. The lowest BCUT2D eigenvalue weighted by Crippen LogP contribution is -2.18. The fraction of sp³-hybridized carbons (Fsp3) is 0.455. The molecule has 2 heteroatoms. The van der Waals surface area contributed by atoms with Crippen LogP contribution in [0, 0.1) is 0 Å². The smallest absolute Gasteiger partial charge is 0.118 e. The number of halogens is 1. The van der Waals surface area contributed by atoms with Crippen molar-refractivity contribution >= 4 is 11.6 Å². The van der Waals surface area contributed by atoms with Crippen molar-refractivity contribution in [2.24, 2.45) is 0 Å². The van der Waals surface area contributed by atoms with Crippen molar-refractivity contribution in [3.8, 4) is 5.75 Å². The number of methoxy groups -OCH3 is 1. The first-order valence-electron chi connectivity index (χ1n) is 4.30. The summed E-state index contributed by atoms with van der Waals surface area (Å²) in [7, 11) is 1.67. The van der Waals surface area contributed by atoms with E-state index in [1.165, 1.54) is 5.56 Å². The minimum Gasteiger partial charge on any atom is -0.497 e. The summed E-state index contributed by atoms with van der Waals surface area (Å²) in [6, 6.07) is 8.04. The van der Waals surface area contributed by atoms with E-state index in [1.807, 2.05) is 12.1 Å². The predicted molar refractivity (Wildman–Crippen MR) is 56.7 cm³/mol. The third-order valence-electron chi connectivity index (χ3n) is 2.21. The van der Waals surface area contributed by atoms with Gasteiger partial charge < -0.3 is 4.74 Å². The average molecular weight is 199 g/mol. The van der Waals surface area contributed by atoms with Crippen LogP contribution < -0.4 is 4.74 Å². The van der Waals surface area contributed by atoms with E-state index in [9.17, 15) is 0 Å². The lowest BCUT2D eigenvalue weighted by molar-refractivity contribution is 0.414. The molecular formula is C11H15ClO. The molecule has 1 nitrogen and oxygen atoms in total. The van der Waals surface area contributed by atoms with Crippen LogP contribution in [-0.4, -0.2) is 13.0 Å². The van der Waals surface area contributed by atoms with Gasteiger partial charge in [-0.3, -0.25) is 0 Å². The number of rotatable bonds is 3. The Balaban J connectivity index is 2.92. The summed E-state index contributed by atoms with van der Waals surface area (Å²) in [5, 5.41) is 0. The van der Waals surface area contributed by atoms with Gasteiger partial charge in [-0.25, -0.2) is 0 Å². The Morgan fingerprint density at radius 2 is 1.77 bits per heavy atom. The lowest BCUT2D eigenvalue weighted by atomic mass is 9.87. The molecule has 0 fully saturated rings. The minimum absolute atomic E-state index is 0.0355. The molecule has 0 atom stereocenters. The highest BCUT2D eigenvalue weighted by Crippen LogP contribution is 2.26. The van der Waals surface area contributed by atoms with Crippen LogP contribution in [-0.2, 0) is 5.41 Å². The zero-order valence-corrected chi connectivity index (χ0v) is 9.06. The monoisotopic (exact) mass is 198 g/mol. The van der Waals surface area contributed by atoms with E-state index in [4.69, 9.17) is 16.3 Å². The average Bonchev–Trinajstić information content (AvgIpc) is 2.18. The second-order valence-corrected chi connectivity index (χ2v) is 4.01. The summed E-state index contributed by atoms with van der Waals surface area (Å²) in [5.74, 6) is 1.51. The summed E-state index contributed by atoms with van der Waals surface area (Å²) in [4.78, 5) is 0. The largest absolute Gasteiger partial charge is 0.497 e. The summed E-state index contributed by atoms with van der Waals surface area (Å²) in [5.41, 5.74) is 1.27. The number of hydrogen-bond donors (Lipinski definition) is 0. The summed E-state index contributed by atoms with van der Waals surface area (Å²) in [6.07, 6.45) is 0. The van der Waals surface area contributed by atoms with E-state index in [-0.39, 0.29) is 5.41 Å². The second-order valence-electron chi connectivity index (χ2n) is 3.75. The molecule has 0 aliphatic rings. The van der Waals surface area contributed by atoms with Gasteiger partial charge in [0, 0.05) is 11.3 Å². The molecule has 0 unspecified atom stereocenters. The molecule has 0 heterocycles. The van der Waals surface area contributed by atoms with Crippen molar-refractivity contribution in [1.82, 2.24) is 0 Å². The van der Waals surface area contributed by atoms with Crippen LogP contribution >= 0.6 is 11.6 Å². The van der Waals surface area contributed by atoms with Crippen molar-refractivity contribution in [3.05, 3.63) is 29.8 Å². The molecule has 13 heavy (non-hydrogen) atoms. The van der Waals surface area contributed by atoms with Gasteiger partial charge in [-0.15, -0.1) is 11.6 Å². The summed E-state index contributed by atoms with van der Waals surface area (Å²) >= 11 is 5.87. The van der Waals surface area contributed by atoms with Gasteiger partial charge in [0.15, 0.2) is 0 Å². The topological polar surface area (TPSA) is 9.23 Å². The molecular weight excluding hydrogens is 184 g/mol. The molecule has 1 aromatic carbocycles. The van der Waals surface area contributed by atoms with Crippen molar-refractivity contribution in [2.75, 3.05) is 13.0 Å². The van der Waals surface area contributed by atoms with Gasteiger partial charge in [0.25, 0.3) is 0 Å².